The number of nitrogens with zero attached hydrogens (tertiary/aromatic N) is 2. The number of sulfonamides is 1. The highest BCUT2D eigenvalue weighted by molar-refractivity contribution is 8.00. The molecular weight excluding hydrogens is 422 g/mol. The van der Waals surface area contributed by atoms with Crippen LogP contribution < -0.4 is 15.0 Å². The summed E-state index contributed by atoms with van der Waals surface area (Å²) in [5.41, 5.74) is 1.62. The molecule has 2 heterocycles. The van der Waals surface area contributed by atoms with Crippen LogP contribution in [-0.2, 0) is 14.8 Å². The van der Waals surface area contributed by atoms with Gasteiger partial charge >= 0.3 is 0 Å². The van der Waals surface area contributed by atoms with Gasteiger partial charge in [0, 0.05) is 48.4 Å². The minimum atomic E-state index is -3.63. The molecule has 1 saturated heterocycles. The molecule has 9 heteroatoms. The number of anilines is 2. The number of rotatable bonds is 4. The number of amides is 1. The molecule has 2 aliphatic heterocycles. The summed E-state index contributed by atoms with van der Waals surface area (Å²) in [6, 6.07) is 12.8. The van der Waals surface area contributed by atoms with Crippen LogP contribution in [0.3, 0.4) is 0 Å². The third-order valence-electron chi connectivity index (χ3n) is 5.34. The molecule has 1 fully saturated rings. The number of carbonyl (C=O) groups excluding carboxylic acids is 1. The van der Waals surface area contributed by atoms with Gasteiger partial charge < -0.3 is 15.0 Å². The normalized spacial score (nSPS) is 20.3. The van der Waals surface area contributed by atoms with E-state index in [1.165, 1.54) is 4.31 Å². The number of hydrogen-bond donors (Lipinski definition) is 1. The Balaban J connectivity index is 1.49. The lowest BCUT2D eigenvalue weighted by atomic mass is 10.2. The molecule has 0 bridgehead atoms. The third kappa shape index (κ3) is 4.28. The van der Waals surface area contributed by atoms with Gasteiger partial charge in [0.2, 0.25) is 15.9 Å². The van der Waals surface area contributed by atoms with E-state index in [4.69, 9.17) is 4.74 Å². The lowest BCUT2D eigenvalue weighted by molar-refractivity contribution is -0.116. The van der Waals surface area contributed by atoms with Crippen LogP contribution in [0.5, 0.6) is 5.75 Å². The molecule has 0 radical (unpaired) electrons. The molecule has 160 valence electrons. The maximum atomic E-state index is 13.2. The number of nitrogens with one attached hydrogen (secondary N) is 1. The van der Waals surface area contributed by atoms with Crippen molar-refractivity contribution in [3.05, 3.63) is 42.5 Å². The highest BCUT2D eigenvalue weighted by Gasteiger charge is 2.30. The average Bonchev–Trinajstić information content (AvgIpc) is 2.89. The van der Waals surface area contributed by atoms with Crippen molar-refractivity contribution in [2.75, 3.05) is 43.5 Å². The lowest BCUT2D eigenvalue weighted by Gasteiger charge is -2.35. The second kappa shape index (κ2) is 8.49. The predicted molar refractivity (Wildman–Crippen MR) is 119 cm³/mol. The predicted octanol–water partition coefficient (Wildman–Crippen LogP) is 3.03. The monoisotopic (exact) mass is 447 g/mol. The molecule has 7 nitrogen and oxygen atoms in total. The molecule has 2 aliphatic rings. The summed E-state index contributed by atoms with van der Waals surface area (Å²) in [5, 5.41) is 3.00. The maximum absolute atomic E-state index is 13.2. The van der Waals surface area contributed by atoms with Crippen molar-refractivity contribution in [3.8, 4) is 5.75 Å². The molecule has 0 aliphatic carbocycles. The van der Waals surface area contributed by atoms with E-state index in [0.29, 0.717) is 38.3 Å². The molecule has 0 spiro atoms. The van der Waals surface area contributed by atoms with Crippen molar-refractivity contribution < 1.29 is 17.9 Å². The van der Waals surface area contributed by atoms with Crippen LogP contribution >= 0.6 is 11.8 Å². The quantitative estimate of drug-likeness (QED) is 0.776. The Morgan fingerprint density at radius 2 is 1.77 bits per heavy atom. The Morgan fingerprint density at radius 1 is 1.07 bits per heavy atom. The second-order valence-electron chi connectivity index (χ2n) is 7.43. The number of piperazine rings is 1. The summed E-state index contributed by atoms with van der Waals surface area (Å²) in [4.78, 5) is 15.3. The number of thioether (sulfide) groups is 1. The van der Waals surface area contributed by atoms with E-state index < -0.39 is 10.0 Å². The molecular formula is C21H25N3O4S2. The molecule has 0 unspecified atom stereocenters. The van der Waals surface area contributed by atoms with Gasteiger partial charge in [-0.2, -0.15) is 4.31 Å². The molecule has 2 aromatic carbocycles. The van der Waals surface area contributed by atoms with Gasteiger partial charge in [0.1, 0.15) is 5.75 Å². The minimum absolute atomic E-state index is 0.0867. The molecule has 30 heavy (non-hydrogen) atoms. The van der Waals surface area contributed by atoms with Crippen LogP contribution in [0.4, 0.5) is 11.4 Å². The first kappa shape index (κ1) is 21.0. The largest absolute Gasteiger partial charge is 0.497 e. The minimum Gasteiger partial charge on any atom is -0.497 e. The topological polar surface area (TPSA) is 79.0 Å². The van der Waals surface area contributed by atoms with Gasteiger partial charge in [-0.3, -0.25) is 4.79 Å². The summed E-state index contributed by atoms with van der Waals surface area (Å²) in [6.45, 7) is 4.03. The number of fused-ring (bicyclic) bond motifs is 1. The average molecular weight is 448 g/mol. The number of carbonyl (C=O) groups is 1. The summed E-state index contributed by atoms with van der Waals surface area (Å²) < 4.78 is 33.1. The molecule has 0 saturated carbocycles. The maximum Gasteiger partial charge on any atom is 0.243 e. The van der Waals surface area contributed by atoms with Crippen LogP contribution in [-0.4, -0.2) is 57.2 Å². The zero-order chi connectivity index (χ0) is 21.3. The van der Waals surface area contributed by atoms with E-state index in [0.717, 1.165) is 16.3 Å². The third-order valence-corrected chi connectivity index (χ3v) is 8.41. The zero-order valence-electron chi connectivity index (χ0n) is 17.0. The highest BCUT2D eigenvalue weighted by atomic mass is 32.2. The smallest absolute Gasteiger partial charge is 0.243 e. The first-order chi connectivity index (χ1) is 14.4. The summed E-state index contributed by atoms with van der Waals surface area (Å²) in [5.74, 6) is 0.708. The fourth-order valence-corrected chi connectivity index (χ4v) is 6.22. The van der Waals surface area contributed by atoms with Crippen LogP contribution in [0.25, 0.3) is 0 Å². The standard InChI is InChI=1S/C21H25N3O4S2/c1-15-13-21(25)22-19-14-18(7-8-20(19)29-15)30(26,27)24-11-9-23(10-12-24)16-3-5-17(28-2)6-4-16/h3-8,14-15H,9-13H2,1-2H3,(H,22,25)/t15-/m1/s1. The molecule has 0 aromatic heterocycles. The van der Waals surface area contributed by atoms with Gasteiger partial charge in [-0.15, -0.1) is 11.8 Å². The van der Waals surface area contributed by atoms with E-state index in [1.54, 1.807) is 37.1 Å². The number of benzene rings is 2. The molecule has 2 aromatic rings. The molecule has 1 amide bonds. The fraction of sp³-hybridized carbons (Fsp3) is 0.381. The first-order valence-corrected chi connectivity index (χ1v) is 12.2. The Bertz CT molecular complexity index is 1030. The van der Waals surface area contributed by atoms with Crippen molar-refractivity contribution in [3.63, 3.8) is 0 Å². The van der Waals surface area contributed by atoms with Crippen molar-refractivity contribution >= 4 is 39.1 Å². The Kier molecular flexibility index (Phi) is 5.95. The molecule has 1 atom stereocenters. The van der Waals surface area contributed by atoms with Gasteiger partial charge in [-0.05, 0) is 42.5 Å². The molecule has 1 N–H and O–H groups in total. The van der Waals surface area contributed by atoms with Crippen molar-refractivity contribution in [1.82, 2.24) is 4.31 Å². The summed E-state index contributed by atoms with van der Waals surface area (Å²) in [6.07, 6.45) is 0.411. The summed E-state index contributed by atoms with van der Waals surface area (Å²) in [7, 11) is -2.00. The van der Waals surface area contributed by atoms with Crippen LogP contribution in [0.1, 0.15) is 13.3 Å². The van der Waals surface area contributed by atoms with Crippen LogP contribution in [0, 0.1) is 0 Å². The van der Waals surface area contributed by atoms with E-state index in [2.05, 4.69) is 10.2 Å². The van der Waals surface area contributed by atoms with Crippen LogP contribution in [0.2, 0.25) is 0 Å². The SMILES string of the molecule is COc1ccc(N2CCN(S(=O)(=O)c3ccc4c(c3)NC(=O)C[C@@H](C)S4)CC2)cc1. The van der Waals surface area contributed by atoms with Gasteiger partial charge in [0.25, 0.3) is 0 Å². The van der Waals surface area contributed by atoms with E-state index in [-0.39, 0.29) is 16.1 Å². The molecule has 4 rings (SSSR count). The Labute approximate surface area is 181 Å². The first-order valence-electron chi connectivity index (χ1n) is 9.86. The van der Waals surface area contributed by atoms with E-state index in [9.17, 15) is 13.2 Å². The highest BCUT2D eigenvalue weighted by Crippen LogP contribution is 2.36. The van der Waals surface area contributed by atoms with Gasteiger partial charge in [-0.25, -0.2) is 8.42 Å². The van der Waals surface area contributed by atoms with Gasteiger partial charge in [0.15, 0.2) is 0 Å². The second-order valence-corrected chi connectivity index (χ2v) is 10.8. The van der Waals surface area contributed by atoms with Crippen LogP contribution in [0.15, 0.2) is 52.3 Å². The summed E-state index contributed by atoms with van der Waals surface area (Å²) >= 11 is 1.58. The number of methoxy groups -OCH3 is 1. The van der Waals surface area contributed by atoms with Crippen molar-refractivity contribution in [2.24, 2.45) is 0 Å². The van der Waals surface area contributed by atoms with Gasteiger partial charge in [-0.1, -0.05) is 6.92 Å². The zero-order valence-corrected chi connectivity index (χ0v) is 18.6. The van der Waals surface area contributed by atoms with Crippen molar-refractivity contribution in [2.45, 2.75) is 28.4 Å². The lowest BCUT2D eigenvalue weighted by Crippen LogP contribution is -2.48. The number of ether oxygens (including phenoxy) is 1. The van der Waals surface area contributed by atoms with Gasteiger partial charge in [0.05, 0.1) is 17.7 Å². The number of hydrogen-bond acceptors (Lipinski definition) is 6. The fourth-order valence-electron chi connectivity index (χ4n) is 3.72. The Hall–Kier alpha value is -2.23. The van der Waals surface area contributed by atoms with E-state index >= 15 is 0 Å². The van der Waals surface area contributed by atoms with E-state index in [1.807, 2.05) is 31.2 Å². The Morgan fingerprint density at radius 3 is 2.43 bits per heavy atom. The van der Waals surface area contributed by atoms with Crippen molar-refractivity contribution in [1.29, 1.82) is 0 Å².